The van der Waals surface area contributed by atoms with Gasteiger partial charge in [0.25, 0.3) is 0 Å². The van der Waals surface area contributed by atoms with Crippen molar-refractivity contribution >= 4 is 0 Å². The number of aliphatic hydroxyl groups is 4. The number of aromatic nitrogens is 2. The monoisotopic (exact) mass is 499 g/mol. The Labute approximate surface area is 214 Å². The molecule has 0 radical (unpaired) electrons. The van der Waals surface area contributed by atoms with Crippen molar-refractivity contribution < 1.29 is 29.9 Å². The molecule has 9 nitrogen and oxygen atoms in total. The number of nitrogens with zero attached hydrogens (tertiary/aromatic N) is 3. The SMILES string of the molecule is Cn1ncc(C#C[C@H]2O[C@H](CO)[C@@H](O)[C@H](O)[C@@]2(O)C#Cc2ccccc2)c1COc1ccc(C#N)cc1. The van der Waals surface area contributed by atoms with E-state index in [1.165, 1.54) is 6.20 Å². The van der Waals surface area contributed by atoms with E-state index in [1.54, 1.807) is 60.3 Å². The highest BCUT2D eigenvalue weighted by Crippen LogP contribution is 2.30. The van der Waals surface area contributed by atoms with E-state index < -0.39 is 36.6 Å². The fourth-order valence-electron chi connectivity index (χ4n) is 3.77. The second kappa shape index (κ2) is 11.3. The van der Waals surface area contributed by atoms with Crippen molar-refractivity contribution in [1.82, 2.24) is 9.78 Å². The molecule has 1 saturated heterocycles. The number of benzene rings is 2. The Balaban J connectivity index is 1.62. The minimum atomic E-state index is -2.24. The van der Waals surface area contributed by atoms with Gasteiger partial charge in [0, 0.05) is 12.6 Å². The van der Waals surface area contributed by atoms with Gasteiger partial charge in [-0.25, -0.2) is 0 Å². The van der Waals surface area contributed by atoms with Crippen molar-refractivity contribution in [2.24, 2.45) is 7.05 Å². The summed E-state index contributed by atoms with van der Waals surface area (Å²) in [6.07, 6.45) is -4.32. The molecule has 0 saturated carbocycles. The zero-order chi connectivity index (χ0) is 26.4. The number of hydrogen-bond acceptors (Lipinski definition) is 8. The van der Waals surface area contributed by atoms with E-state index in [1.807, 2.05) is 12.1 Å². The molecule has 1 aliphatic rings. The molecule has 9 heteroatoms. The third-order valence-corrected chi connectivity index (χ3v) is 5.99. The van der Waals surface area contributed by atoms with Crippen LogP contribution < -0.4 is 4.74 Å². The topological polar surface area (TPSA) is 141 Å². The lowest BCUT2D eigenvalue weighted by Crippen LogP contribution is -2.65. The predicted molar refractivity (Wildman–Crippen MR) is 132 cm³/mol. The zero-order valence-corrected chi connectivity index (χ0v) is 19.9. The fourth-order valence-corrected chi connectivity index (χ4v) is 3.77. The lowest BCUT2D eigenvalue weighted by Gasteiger charge is -2.43. The summed E-state index contributed by atoms with van der Waals surface area (Å²) in [5.41, 5.74) is -0.0218. The molecule has 1 aliphatic heterocycles. The molecule has 0 unspecified atom stereocenters. The molecule has 3 aromatic rings. The van der Waals surface area contributed by atoms with Gasteiger partial charge in [0.2, 0.25) is 0 Å². The van der Waals surface area contributed by atoms with Gasteiger partial charge >= 0.3 is 0 Å². The molecule has 0 bridgehead atoms. The van der Waals surface area contributed by atoms with Gasteiger partial charge in [-0.05, 0) is 36.4 Å². The van der Waals surface area contributed by atoms with Crippen LogP contribution in [0.15, 0.2) is 60.8 Å². The maximum Gasteiger partial charge on any atom is 0.191 e. The first kappa shape index (κ1) is 25.9. The van der Waals surface area contributed by atoms with E-state index in [-0.39, 0.29) is 6.61 Å². The molecule has 4 N–H and O–H groups in total. The molecule has 1 fully saturated rings. The Bertz CT molecular complexity index is 1390. The molecule has 0 spiro atoms. The molecule has 0 aliphatic carbocycles. The van der Waals surface area contributed by atoms with E-state index in [0.29, 0.717) is 28.1 Å². The Morgan fingerprint density at radius 2 is 1.81 bits per heavy atom. The van der Waals surface area contributed by atoms with Gasteiger partial charge < -0.3 is 29.9 Å². The summed E-state index contributed by atoms with van der Waals surface area (Å²) in [7, 11) is 1.73. The number of nitriles is 1. The van der Waals surface area contributed by atoms with Gasteiger partial charge in [-0.3, -0.25) is 4.68 Å². The third-order valence-electron chi connectivity index (χ3n) is 5.99. The maximum atomic E-state index is 11.3. The minimum Gasteiger partial charge on any atom is -0.487 e. The van der Waals surface area contributed by atoms with E-state index in [4.69, 9.17) is 14.7 Å². The Morgan fingerprint density at radius 3 is 2.49 bits per heavy atom. The van der Waals surface area contributed by atoms with Crippen molar-refractivity contribution in [3.05, 3.63) is 83.2 Å². The molecule has 188 valence electrons. The first-order valence-electron chi connectivity index (χ1n) is 11.4. The maximum absolute atomic E-state index is 11.3. The summed E-state index contributed by atoms with van der Waals surface area (Å²) < 4.78 is 13.1. The van der Waals surface area contributed by atoms with Crippen LogP contribution in [-0.4, -0.2) is 66.8 Å². The minimum absolute atomic E-state index is 0.122. The average molecular weight is 500 g/mol. The van der Waals surface area contributed by atoms with Crippen LogP contribution in [0, 0.1) is 35.0 Å². The molecule has 4 rings (SSSR count). The highest BCUT2D eigenvalue weighted by atomic mass is 16.5. The lowest BCUT2D eigenvalue weighted by atomic mass is 9.82. The van der Waals surface area contributed by atoms with Crippen molar-refractivity contribution in [1.29, 1.82) is 5.26 Å². The molecular formula is C28H25N3O6. The summed E-state index contributed by atoms with van der Waals surface area (Å²) in [6.45, 7) is -0.466. The zero-order valence-electron chi connectivity index (χ0n) is 19.9. The van der Waals surface area contributed by atoms with Crippen molar-refractivity contribution in [2.75, 3.05) is 6.61 Å². The molecule has 5 atom stereocenters. The highest BCUT2D eigenvalue weighted by molar-refractivity contribution is 5.43. The first-order chi connectivity index (χ1) is 17.9. The summed E-state index contributed by atoms with van der Waals surface area (Å²) in [5.74, 6) is 11.7. The van der Waals surface area contributed by atoms with Crippen LogP contribution in [0.1, 0.15) is 22.4 Å². The number of rotatable bonds is 4. The van der Waals surface area contributed by atoms with Gasteiger partial charge in [-0.2, -0.15) is 10.4 Å². The predicted octanol–water partition coefficient (Wildman–Crippen LogP) is 0.487. The smallest absolute Gasteiger partial charge is 0.191 e. The molecule has 2 heterocycles. The second-order valence-corrected chi connectivity index (χ2v) is 8.44. The van der Waals surface area contributed by atoms with E-state index >= 15 is 0 Å². The van der Waals surface area contributed by atoms with Gasteiger partial charge in [0.05, 0.1) is 35.7 Å². The molecule has 0 amide bonds. The number of aliphatic hydroxyl groups excluding tert-OH is 3. The largest absolute Gasteiger partial charge is 0.487 e. The number of aryl methyl sites for hydroxylation is 1. The molecule has 2 aromatic carbocycles. The standard InChI is InChI=1S/C28H25N3O6/c1-31-23(18-36-22-10-7-20(15-29)8-11-22)21(16-30-31)9-12-25-28(35,14-13-19-5-3-2-4-6-19)27(34)26(33)24(17-32)37-25/h2-8,10-11,16,24-27,32-35H,17-18H2,1H3/t24-,25-,26-,27+,28-/m1/s1. The Morgan fingerprint density at radius 1 is 1.08 bits per heavy atom. The molecule has 1 aromatic heterocycles. The van der Waals surface area contributed by atoms with E-state index in [2.05, 4.69) is 28.8 Å². The van der Waals surface area contributed by atoms with Gasteiger partial charge in [-0.15, -0.1) is 0 Å². The Kier molecular flexibility index (Phi) is 7.91. The van der Waals surface area contributed by atoms with E-state index in [9.17, 15) is 20.4 Å². The van der Waals surface area contributed by atoms with Crippen LogP contribution in [-0.2, 0) is 18.4 Å². The van der Waals surface area contributed by atoms with Crippen LogP contribution in [0.25, 0.3) is 0 Å². The Hall–Kier alpha value is -4.14. The quantitative estimate of drug-likeness (QED) is 0.380. The van der Waals surface area contributed by atoms with Crippen LogP contribution in [0.5, 0.6) is 5.75 Å². The van der Waals surface area contributed by atoms with Crippen LogP contribution in [0.4, 0.5) is 0 Å². The molecular weight excluding hydrogens is 474 g/mol. The number of ether oxygens (including phenoxy) is 2. The van der Waals surface area contributed by atoms with Gasteiger partial charge in [0.1, 0.15) is 30.7 Å². The first-order valence-corrected chi connectivity index (χ1v) is 11.4. The van der Waals surface area contributed by atoms with Gasteiger partial charge in [-0.1, -0.05) is 41.9 Å². The van der Waals surface area contributed by atoms with Crippen molar-refractivity contribution in [3.63, 3.8) is 0 Å². The van der Waals surface area contributed by atoms with Crippen LogP contribution in [0.2, 0.25) is 0 Å². The van der Waals surface area contributed by atoms with Crippen LogP contribution in [0.3, 0.4) is 0 Å². The summed E-state index contributed by atoms with van der Waals surface area (Å²) >= 11 is 0. The summed E-state index contributed by atoms with van der Waals surface area (Å²) in [5, 5.41) is 55.2. The fraction of sp³-hybridized carbons (Fsp3) is 0.286. The lowest BCUT2D eigenvalue weighted by molar-refractivity contribution is -0.239. The second-order valence-electron chi connectivity index (χ2n) is 8.44. The van der Waals surface area contributed by atoms with Crippen molar-refractivity contribution in [2.45, 2.75) is 36.6 Å². The third kappa shape index (κ3) is 5.66. The summed E-state index contributed by atoms with van der Waals surface area (Å²) in [4.78, 5) is 0. The van der Waals surface area contributed by atoms with Crippen molar-refractivity contribution in [3.8, 4) is 35.5 Å². The summed E-state index contributed by atoms with van der Waals surface area (Å²) in [6, 6.07) is 17.5. The van der Waals surface area contributed by atoms with Gasteiger partial charge in [0.15, 0.2) is 11.7 Å². The molecule has 37 heavy (non-hydrogen) atoms. The van der Waals surface area contributed by atoms with E-state index in [0.717, 1.165) is 0 Å². The average Bonchev–Trinajstić information content (AvgIpc) is 3.29. The number of hydrogen-bond donors (Lipinski definition) is 4. The highest BCUT2D eigenvalue weighted by Gasteiger charge is 2.53. The normalized spacial score (nSPS) is 24.6. The van der Waals surface area contributed by atoms with Crippen LogP contribution >= 0.6 is 0 Å².